The molecule has 0 spiro atoms. The van der Waals surface area contributed by atoms with E-state index in [9.17, 15) is 0 Å². The van der Waals surface area contributed by atoms with Gasteiger partial charge in [0.1, 0.15) is 23.0 Å². The number of rotatable bonds is 14. The minimum Gasteiger partial charge on any atom is -0.458 e. The van der Waals surface area contributed by atoms with Gasteiger partial charge in [0.15, 0.2) is 0 Å². The molecule has 0 atom stereocenters. The van der Waals surface area contributed by atoms with Gasteiger partial charge in [-0.05, 0) is 252 Å². The highest BCUT2D eigenvalue weighted by Crippen LogP contribution is 2.56. The molecule has 0 bridgehead atoms. The SMILES string of the molecule is CC(C)c1cc(C(C)C)c(-c2cc3c4c(cc5c(-c6c(C(C)C)cc(C(C)C)cc6C(C)C)cc6c7c(cc2c4c57)B2c4ccccc4Oc4cc(N(c5ccccc5)c5ccccc5)cc-6c42)B2c4ccccc4Oc4cc(N(c5ccccc5)c5ccccc5)cc-3c42)c(C(C)C)c1. The van der Waals surface area contributed by atoms with E-state index in [1.807, 2.05) is 0 Å². The third-order valence-corrected chi connectivity index (χ3v) is 22.5. The number of hydrogen-bond acceptors (Lipinski definition) is 4. The molecule has 4 nitrogen and oxygen atoms in total. The van der Waals surface area contributed by atoms with Crippen LogP contribution in [0, 0.1) is 0 Å². The molecule has 6 heteroatoms. The molecule has 0 fully saturated rings. The van der Waals surface area contributed by atoms with E-state index in [1.54, 1.807) is 0 Å². The third kappa shape index (κ3) is 9.42. The Morgan fingerprint density at radius 1 is 0.250 bits per heavy atom. The van der Waals surface area contributed by atoms with E-state index in [4.69, 9.17) is 9.47 Å². The molecule has 0 unspecified atom stereocenters. The highest BCUT2D eigenvalue weighted by Gasteiger charge is 2.46. The minimum atomic E-state index is -0.161. The molecular weight excluding hydrogens is 1210 g/mol. The first-order valence-corrected chi connectivity index (χ1v) is 36.5. The number of nitrogens with zero attached hydrogens (tertiary/aromatic N) is 2. The fourth-order valence-electron chi connectivity index (χ4n) is 17.8. The number of benzene rings is 14. The molecule has 4 aliphatic heterocycles. The van der Waals surface area contributed by atoms with E-state index in [1.165, 1.54) is 143 Å². The van der Waals surface area contributed by atoms with Crippen LogP contribution in [0.3, 0.4) is 0 Å². The summed E-state index contributed by atoms with van der Waals surface area (Å²) in [5, 5.41) is 7.87. The van der Waals surface area contributed by atoms with Crippen LogP contribution in [0.1, 0.15) is 152 Å². The standard InChI is InChI=1S/C94H82B2N2O2/c1-53(2)59-41-67(55(5)6)87(68(42-59)56(7)8)71-49-73-77-45-65(97(61-29-17-13-18-30-61)62-31-19-14-20-32-62)47-85-93(77)96(80-38-26-28-40-84(80)99-85)82-52-76-72(88-69(57(9)10)43-60(54(3)4)44-70(88)58(11)12)50-74-78-46-66(98(63-33-21-15-22-34-63)64-35-23-16-24-36-64)48-86-94(78)95(79-37-25-27-39-83(79)100-86)81-51-75(71)91(89(73)82)92(76)90(74)81/h13-58H,1-12H3. The second kappa shape index (κ2) is 23.6. The van der Waals surface area contributed by atoms with Crippen molar-refractivity contribution < 1.29 is 9.47 Å². The molecule has 0 amide bonds. The minimum absolute atomic E-state index is 0.161. The summed E-state index contributed by atoms with van der Waals surface area (Å²) in [7, 11) is 0. The zero-order valence-corrected chi connectivity index (χ0v) is 59.4. The Morgan fingerprint density at radius 2 is 0.560 bits per heavy atom. The Bertz CT molecular complexity index is 5150. The van der Waals surface area contributed by atoms with Crippen molar-refractivity contribution in [1.82, 2.24) is 0 Å². The van der Waals surface area contributed by atoms with Crippen LogP contribution in [0.5, 0.6) is 23.0 Å². The summed E-state index contributed by atoms with van der Waals surface area (Å²) in [4.78, 5) is 4.84. The van der Waals surface area contributed by atoms with Crippen LogP contribution < -0.4 is 52.1 Å². The van der Waals surface area contributed by atoms with Crippen molar-refractivity contribution in [3.63, 3.8) is 0 Å². The van der Waals surface area contributed by atoms with Crippen molar-refractivity contribution >= 4 is 113 Å². The molecule has 0 saturated carbocycles. The van der Waals surface area contributed by atoms with Gasteiger partial charge in [0.05, 0.1) is 11.4 Å². The van der Waals surface area contributed by atoms with Gasteiger partial charge in [-0.15, -0.1) is 0 Å². The number of anilines is 6. The average Bonchev–Trinajstić information content (AvgIpc) is 0.663. The summed E-state index contributed by atoms with van der Waals surface area (Å²) < 4.78 is 15.0. The Labute approximate surface area is 590 Å². The van der Waals surface area contributed by atoms with Crippen LogP contribution in [0.25, 0.3) is 76.8 Å². The Balaban J connectivity index is 1.09. The van der Waals surface area contributed by atoms with Crippen LogP contribution in [-0.4, -0.2) is 13.4 Å². The fourth-order valence-corrected chi connectivity index (χ4v) is 17.8. The van der Waals surface area contributed by atoms with Crippen LogP contribution in [0.15, 0.2) is 243 Å². The van der Waals surface area contributed by atoms with Gasteiger partial charge in [-0.2, -0.15) is 0 Å². The summed E-state index contributed by atoms with van der Waals surface area (Å²) in [5.41, 5.74) is 32.3. The molecule has 4 aliphatic rings. The number of ether oxygens (including phenoxy) is 2. The summed E-state index contributed by atoms with van der Waals surface area (Å²) in [5.74, 6) is 5.14. The zero-order valence-electron chi connectivity index (χ0n) is 59.4. The molecule has 0 aromatic heterocycles. The zero-order chi connectivity index (χ0) is 68.3. The molecule has 14 aromatic rings. The first kappa shape index (κ1) is 61.8. The predicted molar refractivity (Wildman–Crippen MR) is 428 cm³/mol. The van der Waals surface area contributed by atoms with Gasteiger partial charge >= 0.3 is 0 Å². The lowest BCUT2D eigenvalue weighted by Gasteiger charge is -2.39. The van der Waals surface area contributed by atoms with Gasteiger partial charge in [0.2, 0.25) is 0 Å². The number of para-hydroxylation sites is 6. The van der Waals surface area contributed by atoms with Gasteiger partial charge < -0.3 is 19.3 Å². The molecule has 100 heavy (non-hydrogen) atoms. The van der Waals surface area contributed by atoms with E-state index in [0.29, 0.717) is 11.8 Å². The maximum Gasteiger partial charge on any atom is 0.252 e. The largest absolute Gasteiger partial charge is 0.458 e. The lowest BCUT2D eigenvalue weighted by Crippen LogP contribution is -2.58. The van der Waals surface area contributed by atoms with Gasteiger partial charge in [0, 0.05) is 34.9 Å². The highest BCUT2D eigenvalue weighted by atomic mass is 16.5. The second-order valence-corrected chi connectivity index (χ2v) is 30.5. The molecule has 486 valence electrons. The smallest absolute Gasteiger partial charge is 0.252 e. The Morgan fingerprint density at radius 3 is 0.870 bits per heavy atom. The molecular formula is C94H82B2N2O2. The van der Waals surface area contributed by atoms with Crippen LogP contribution in [-0.2, 0) is 0 Å². The van der Waals surface area contributed by atoms with Gasteiger partial charge in [0.25, 0.3) is 13.4 Å². The molecule has 18 rings (SSSR count). The van der Waals surface area contributed by atoms with Crippen LogP contribution in [0.2, 0.25) is 0 Å². The van der Waals surface area contributed by atoms with Crippen molar-refractivity contribution in [2.75, 3.05) is 9.80 Å². The molecule has 0 N–H and O–H groups in total. The van der Waals surface area contributed by atoms with Crippen molar-refractivity contribution in [1.29, 1.82) is 0 Å². The molecule has 0 aliphatic carbocycles. The summed E-state index contributed by atoms with van der Waals surface area (Å²) >= 11 is 0. The molecule has 0 saturated heterocycles. The fraction of sp³-hybridized carbons (Fsp3) is 0.191. The number of hydrogen-bond donors (Lipinski definition) is 0. The third-order valence-electron chi connectivity index (χ3n) is 22.5. The van der Waals surface area contributed by atoms with Crippen molar-refractivity contribution in [3.05, 3.63) is 276 Å². The van der Waals surface area contributed by atoms with Crippen molar-refractivity contribution in [2.24, 2.45) is 0 Å². The van der Waals surface area contributed by atoms with Crippen LogP contribution in [0.4, 0.5) is 34.1 Å². The van der Waals surface area contributed by atoms with E-state index in [-0.39, 0.29) is 37.1 Å². The molecule has 14 aromatic carbocycles. The lowest BCUT2D eigenvalue weighted by atomic mass is 9.31. The monoisotopic (exact) mass is 1290 g/mol. The Hall–Kier alpha value is -10.6. The van der Waals surface area contributed by atoms with E-state index in [0.717, 1.165) is 57.1 Å². The maximum atomic E-state index is 7.48. The first-order valence-electron chi connectivity index (χ1n) is 36.5. The van der Waals surface area contributed by atoms with E-state index >= 15 is 0 Å². The normalized spacial score (nSPS) is 13.1. The average molecular weight is 1290 g/mol. The first-order chi connectivity index (χ1) is 48.6. The van der Waals surface area contributed by atoms with E-state index < -0.39 is 0 Å². The highest BCUT2D eigenvalue weighted by molar-refractivity contribution is 7.01. The van der Waals surface area contributed by atoms with E-state index in [2.05, 4.69) is 336 Å². The predicted octanol–water partition coefficient (Wildman–Crippen LogP) is 22.8. The lowest BCUT2D eigenvalue weighted by molar-refractivity contribution is 0.487. The topological polar surface area (TPSA) is 24.9 Å². The summed E-state index contributed by atoms with van der Waals surface area (Å²) in [6.45, 7) is 28.5. The number of fused-ring (bicyclic) bond motifs is 8. The summed E-state index contributed by atoms with van der Waals surface area (Å²) in [6.07, 6.45) is 0. The maximum absolute atomic E-state index is 7.48. The summed E-state index contributed by atoms with van der Waals surface area (Å²) in [6, 6.07) is 92.1. The quantitative estimate of drug-likeness (QED) is 0.0800. The van der Waals surface area contributed by atoms with Crippen molar-refractivity contribution in [3.8, 4) is 67.5 Å². The Kier molecular flexibility index (Phi) is 14.5. The second-order valence-electron chi connectivity index (χ2n) is 30.5. The van der Waals surface area contributed by atoms with Gasteiger partial charge in [-0.3, -0.25) is 0 Å². The molecule has 4 heterocycles. The van der Waals surface area contributed by atoms with Gasteiger partial charge in [-0.1, -0.05) is 240 Å². The van der Waals surface area contributed by atoms with Gasteiger partial charge in [-0.25, -0.2) is 0 Å². The van der Waals surface area contributed by atoms with Crippen LogP contribution >= 0.6 is 0 Å². The van der Waals surface area contributed by atoms with Crippen molar-refractivity contribution in [2.45, 2.75) is 119 Å². The molecule has 0 radical (unpaired) electrons.